The highest BCUT2D eigenvalue weighted by Crippen LogP contribution is 2.30. The van der Waals surface area contributed by atoms with Gasteiger partial charge in [0, 0.05) is 31.1 Å². The van der Waals surface area contributed by atoms with Crippen LogP contribution in [-0.4, -0.2) is 38.8 Å². The molecule has 0 aromatic carbocycles. The van der Waals surface area contributed by atoms with E-state index in [0.29, 0.717) is 12.0 Å². The smallest absolute Gasteiger partial charge is 0.185 e. The number of aryl methyl sites for hydroxylation is 1. The molecule has 1 rings (SSSR count). The van der Waals surface area contributed by atoms with Crippen LogP contribution in [0.4, 0.5) is 5.13 Å². The molecule has 0 bridgehead atoms. The van der Waals surface area contributed by atoms with Gasteiger partial charge in [0.15, 0.2) is 5.13 Å². The number of methoxy groups -OCH3 is 1. The van der Waals surface area contributed by atoms with Crippen LogP contribution in [0.3, 0.4) is 0 Å². The fourth-order valence-corrected chi connectivity index (χ4v) is 3.13. The van der Waals surface area contributed by atoms with E-state index in [-0.39, 0.29) is 0 Å². The van der Waals surface area contributed by atoms with E-state index in [1.807, 2.05) is 7.05 Å². The van der Waals surface area contributed by atoms with Crippen molar-refractivity contribution in [2.24, 2.45) is 5.92 Å². The molecular weight excluding hydrogens is 258 g/mol. The molecule has 0 aliphatic heterocycles. The molecule has 1 atom stereocenters. The fourth-order valence-electron chi connectivity index (χ4n) is 1.97. The molecular formula is C14H27N3OS. The second kappa shape index (κ2) is 7.82. The molecule has 1 aromatic heterocycles. The van der Waals surface area contributed by atoms with Gasteiger partial charge in [0.25, 0.3) is 0 Å². The van der Waals surface area contributed by atoms with Crippen molar-refractivity contribution in [1.29, 1.82) is 0 Å². The van der Waals surface area contributed by atoms with Crippen molar-refractivity contribution in [3.63, 3.8) is 0 Å². The number of ether oxygens (including phenoxy) is 1. The first-order chi connectivity index (χ1) is 8.99. The zero-order valence-electron chi connectivity index (χ0n) is 13.0. The summed E-state index contributed by atoms with van der Waals surface area (Å²) in [7, 11) is 3.73. The Morgan fingerprint density at radius 1 is 1.37 bits per heavy atom. The van der Waals surface area contributed by atoms with E-state index >= 15 is 0 Å². The van der Waals surface area contributed by atoms with Crippen molar-refractivity contribution in [3.05, 3.63) is 10.6 Å². The van der Waals surface area contributed by atoms with Crippen molar-refractivity contribution < 1.29 is 4.74 Å². The zero-order valence-corrected chi connectivity index (χ0v) is 13.8. The predicted octanol–water partition coefficient (Wildman–Crippen LogP) is 2.84. The van der Waals surface area contributed by atoms with Crippen molar-refractivity contribution in [3.8, 4) is 0 Å². The molecule has 0 saturated heterocycles. The molecule has 0 amide bonds. The SMILES string of the molecule is CNC(C)c1sc(N(CCOC)CC(C)C)nc1C. The van der Waals surface area contributed by atoms with Gasteiger partial charge in [-0.2, -0.15) is 0 Å². The Kier molecular flexibility index (Phi) is 6.75. The van der Waals surface area contributed by atoms with Gasteiger partial charge in [-0.05, 0) is 26.8 Å². The Morgan fingerprint density at radius 3 is 2.58 bits per heavy atom. The summed E-state index contributed by atoms with van der Waals surface area (Å²) < 4.78 is 5.20. The third kappa shape index (κ3) is 4.75. The molecule has 0 aliphatic carbocycles. The third-order valence-corrected chi connectivity index (χ3v) is 4.47. The van der Waals surface area contributed by atoms with Gasteiger partial charge in [0.05, 0.1) is 12.3 Å². The van der Waals surface area contributed by atoms with Gasteiger partial charge in [0.1, 0.15) is 0 Å². The van der Waals surface area contributed by atoms with Crippen molar-refractivity contribution in [1.82, 2.24) is 10.3 Å². The number of thiazole rings is 1. The lowest BCUT2D eigenvalue weighted by molar-refractivity contribution is 0.204. The van der Waals surface area contributed by atoms with Gasteiger partial charge in [0.2, 0.25) is 0 Å². The van der Waals surface area contributed by atoms with Crippen LogP contribution in [0.25, 0.3) is 0 Å². The highest BCUT2D eigenvalue weighted by molar-refractivity contribution is 7.15. The number of hydrogen-bond acceptors (Lipinski definition) is 5. The van der Waals surface area contributed by atoms with Crippen LogP contribution in [0.5, 0.6) is 0 Å². The summed E-state index contributed by atoms with van der Waals surface area (Å²) >= 11 is 1.79. The van der Waals surface area contributed by atoms with E-state index in [9.17, 15) is 0 Å². The number of rotatable bonds is 8. The van der Waals surface area contributed by atoms with E-state index in [1.165, 1.54) is 4.88 Å². The highest BCUT2D eigenvalue weighted by Gasteiger charge is 2.17. The molecule has 1 heterocycles. The van der Waals surface area contributed by atoms with E-state index in [1.54, 1.807) is 18.4 Å². The first kappa shape index (κ1) is 16.4. The van der Waals surface area contributed by atoms with Gasteiger partial charge in [-0.3, -0.25) is 0 Å². The predicted molar refractivity (Wildman–Crippen MR) is 83.3 cm³/mol. The summed E-state index contributed by atoms with van der Waals surface area (Å²) in [6.07, 6.45) is 0. The summed E-state index contributed by atoms with van der Waals surface area (Å²) in [5.74, 6) is 0.617. The summed E-state index contributed by atoms with van der Waals surface area (Å²) in [5.41, 5.74) is 1.13. The van der Waals surface area contributed by atoms with Crippen molar-refractivity contribution >= 4 is 16.5 Å². The standard InChI is InChI=1S/C14H27N3OS/c1-10(2)9-17(7-8-18-6)14-16-12(4)13(19-14)11(3)15-5/h10-11,15H,7-9H2,1-6H3. The molecule has 19 heavy (non-hydrogen) atoms. The van der Waals surface area contributed by atoms with Gasteiger partial charge in [-0.15, -0.1) is 11.3 Å². The highest BCUT2D eigenvalue weighted by atomic mass is 32.1. The lowest BCUT2D eigenvalue weighted by atomic mass is 10.2. The molecule has 0 fully saturated rings. The lowest BCUT2D eigenvalue weighted by Gasteiger charge is -2.23. The zero-order chi connectivity index (χ0) is 14.4. The monoisotopic (exact) mass is 285 g/mol. The van der Waals surface area contributed by atoms with Crippen LogP contribution >= 0.6 is 11.3 Å². The summed E-state index contributed by atoms with van der Waals surface area (Å²) in [6.45, 7) is 11.4. The molecule has 5 heteroatoms. The van der Waals surface area contributed by atoms with Crippen LogP contribution in [0, 0.1) is 12.8 Å². The minimum atomic E-state index is 0.356. The number of hydrogen-bond donors (Lipinski definition) is 1. The number of anilines is 1. The van der Waals surface area contributed by atoms with E-state index < -0.39 is 0 Å². The van der Waals surface area contributed by atoms with E-state index in [2.05, 4.69) is 37.9 Å². The van der Waals surface area contributed by atoms with Crippen molar-refractivity contribution in [2.75, 3.05) is 38.8 Å². The molecule has 0 radical (unpaired) electrons. The quantitative estimate of drug-likeness (QED) is 0.797. The number of nitrogens with one attached hydrogen (secondary N) is 1. The van der Waals surface area contributed by atoms with Gasteiger partial charge in [-0.25, -0.2) is 4.98 Å². The second-order valence-electron chi connectivity index (χ2n) is 5.29. The number of aromatic nitrogens is 1. The maximum atomic E-state index is 5.20. The van der Waals surface area contributed by atoms with Crippen LogP contribution in [0.15, 0.2) is 0 Å². The maximum absolute atomic E-state index is 5.20. The molecule has 0 saturated carbocycles. The first-order valence-corrected chi connectivity index (χ1v) is 7.69. The largest absolute Gasteiger partial charge is 0.383 e. The van der Waals surface area contributed by atoms with Crippen molar-refractivity contribution in [2.45, 2.75) is 33.7 Å². The molecule has 4 nitrogen and oxygen atoms in total. The van der Waals surface area contributed by atoms with Crippen LogP contribution < -0.4 is 10.2 Å². The minimum absolute atomic E-state index is 0.356. The average molecular weight is 285 g/mol. The summed E-state index contributed by atoms with van der Waals surface area (Å²) in [4.78, 5) is 8.39. The van der Waals surface area contributed by atoms with Crippen LogP contribution in [0.2, 0.25) is 0 Å². The Labute approximate surface area is 121 Å². The number of nitrogens with zero attached hydrogens (tertiary/aromatic N) is 2. The summed E-state index contributed by atoms with van der Waals surface area (Å²) in [6, 6.07) is 0.356. The van der Waals surface area contributed by atoms with E-state index in [4.69, 9.17) is 9.72 Å². The average Bonchev–Trinajstić information content (AvgIpc) is 2.75. The lowest BCUT2D eigenvalue weighted by Crippen LogP contribution is -2.30. The molecule has 1 N–H and O–H groups in total. The Balaban J connectivity index is 2.89. The molecule has 110 valence electrons. The van der Waals surface area contributed by atoms with Gasteiger partial charge in [-0.1, -0.05) is 13.8 Å². The van der Waals surface area contributed by atoms with Crippen LogP contribution in [-0.2, 0) is 4.74 Å². The van der Waals surface area contributed by atoms with Crippen LogP contribution in [0.1, 0.15) is 37.4 Å². The molecule has 1 aromatic rings. The second-order valence-corrected chi connectivity index (χ2v) is 6.30. The fraction of sp³-hybridized carbons (Fsp3) is 0.786. The molecule has 0 aliphatic rings. The Bertz CT molecular complexity index is 379. The summed E-state index contributed by atoms with van der Waals surface area (Å²) in [5, 5.41) is 4.40. The maximum Gasteiger partial charge on any atom is 0.185 e. The Hall–Kier alpha value is -0.650. The molecule has 1 unspecified atom stereocenters. The van der Waals surface area contributed by atoms with Gasteiger partial charge < -0.3 is 15.0 Å². The third-order valence-electron chi connectivity index (χ3n) is 3.07. The van der Waals surface area contributed by atoms with E-state index in [0.717, 1.165) is 30.5 Å². The first-order valence-electron chi connectivity index (χ1n) is 6.88. The topological polar surface area (TPSA) is 37.4 Å². The minimum Gasteiger partial charge on any atom is -0.383 e. The normalized spacial score (nSPS) is 13.0. The van der Waals surface area contributed by atoms with Gasteiger partial charge >= 0.3 is 0 Å². The molecule has 0 spiro atoms. The Morgan fingerprint density at radius 2 is 2.05 bits per heavy atom.